The van der Waals surface area contributed by atoms with Crippen molar-refractivity contribution in [3.05, 3.63) is 0 Å². The highest BCUT2D eigenvalue weighted by Crippen LogP contribution is 2.47. The summed E-state index contributed by atoms with van der Waals surface area (Å²) in [7, 11) is 1.89. The third-order valence-corrected chi connectivity index (χ3v) is 5.49. The van der Waals surface area contributed by atoms with Gasteiger partial charge in [-0.05, 0) is 37.5 Å². The molecule has 1 aliphatic carbocycles. The number of halogens is 1. The highest BCUT2D eigenvalue weighted by atomic mass is 127. The first-order valence-corrected chi connectivity index (χ1v) is 8.92. The van der Waals surface area contributed by atoms with Crippen LogP contribution in [-0.2, 0) is 9.47 Å². The molecule has 3 fully saturated rings. The standard InChI is InChI=1S/C17H31N3O2.HI/c1-18-16(20-9-7-17(14-20)5-2-6-17)19-8-3-10-21-12-15-4-11-22-13-15;/h15H,2-14H2,1H3,(H,18,19);1H. The second-order valence-electron chi connectivity index (χ2n) is 7.16. The molecular weight excluding hydrogens is 405 g/mol. The third kappa shape index (κ3) is 5.19. The topological polar surface area (TPSA) is 46.1 Å². The van der Waals surface area contributed by atoms with Gasteiger partial charge < -0.3 is 19.7 Å². The van der Waals surface area contributed by atoms with Crippen molar-refractivity contribution in [1.29, 1.82) is 0 Å². The number of likely N-dealkylation sites (tertiary alicyclic amines) is 1. The Kier molecular flexibility index (Phi) is 7.88. The fraction of sp³-hybridized carbons (Fsp3) is 0.941. The first-order chi connectivity index (χ1) is 10.8. The zero-order valence-corrected chi connectivity index (χ0v) is 16.7. The van der Waals surface area contributed by atoms with Crippen LogP contribution in [0.15, 0.2) is 4.99 Å². The summed E-state index contributed by atoms with van der Waals surface area (Å²) < 4.78 is 11.1. The molecular formula is C17H32IN3O2. The number of nitrogens with zero attached hydrogens (tertiary/aromatic N) is 2. The number of hydrogen-bond donors (Lipinski definition) is 1. The molecule has 1 atom stereocenters. The molecule has 0 aromatic heterocycles. The Morgan fingerprint density at radius 1 is 1.39 bits per heavy atom. The molecule has 3 aliphatic rings. The molecule has 2 heterocycles. The van der Waals surface area contributed by atoms with Crippen molar-refractivity contribution < 1.29 is 9.47 Å². The average molecular weight is 437 g/mol. The normalized spacial score (nSPS) is 26.2. The van der Waals surface area contributed by atoms with E-state index in [1.165, 1.54) is 32.2 Å². The van der Waals surface area contributed by atoms with Crippen molar-refractivity contribution >= 4 is 29.9 Å². The zero-order chi connectivity index (χ0) is 15.3. The number of rotatable bonds is 6. The van der Waals surface area contributed by atoms with E-state index in [9.17, 15) is 0 Å². The average Bonchev–Trinajstić information content (AvgIpc) is 3.15. The van der Waals surface area contributed by atoms with E-state index >= 15 is 0 Å². The lowest BCUT2D eigenvalue weighted by molar-refractivity contribution is 0.0887. The van der Waals surface area contributed by atoms with E-state index in [0.29, 0.717) is 11.3 Å². The number of hydrogen-bond acceptors (Lipinski definition) is 3. The molecule has 1 spiro atoms. The van der Waals surface area contributed by atoms with Gasteiger partial charge in [-0.2, -0.15) is 0 Å². The van der Waals surface area contributed by atoms with E-state index in [1.807, 2.05) is 7.05 Å². The SMILES string of the molecule is CN=C(NCCCOCC1CCOC1)N1CCC2(CCC2)C1.I. The first-order valence-electron chi connectivity index (χ1n) is 8.92. The second kappa shape index (κ2) is 9.42. The van der Waals surface area contributed by atoms with Gasteiger partial charge in [-0.25, -0.2) is 0 Å². The van der Waals surface area contributed by atoms with E-state index < -0.39 is 0 Å². The maximum absolute atomic E-state index is 5.74. The van der Waals surface area contributed by atoms with Crippen LogP contribution in [0.1, 0.15) is 38.5 Å². The number of ether oxygens (including phenoxy) is 2. The molecule has 0 aromatic carbocycles. The monoisotopic (exact) mass is 437 g/mol. The molecule has 0 bridgehead atoms. The Balaban J connectivity index is 0.00000192. The predicted octanol–water partition coefficient (Wildman–Crippen LogP) is 2.50. The molecule has 1 saturated carbocycles. The van der Waals surface area contributed by atoms with Crippen LogP contribution < -0.4 is 5.32 Å². The van der Waals surface area contributed by atoms with Gasteiger partial charge in [-0.15, -0.1) is 24.0 Å². The molecule has 6 heteroatoms. The van der Waals surface area contributed by atoms with Gasteiger partial charge in [-0.1, -0.05) is 6.42 Å². The van der Waals surface area contributed by atoms with Gasteiger partial charge in [0.2, 0.25) is 0 Å². The van der Waals surface area contributed by atoms with Crippen molar-refractivity contribution in [2.45, 2.75) is 38.5 Å². The third-order valence-electron chi connectivity index (χ3n) is 5.49. The fourth-order valence-electron chi connectivity index (χ4n) is 3.87. The Bertz CT molecular complexity index is 382. The molecule has 5 nitrogen and oxygen atoms in total. The summed E-state index contributed by atoms with van der Waals surface area (Å²) in [5, 5.41) is 3.50. The molecule has 134 valence electrons. The molecule has 0 aromatic rings. The highest BCUT2D eigenvalue weighted by molar-refractivity contribution is 14.0. The molecule has 1 unspecified atom stereocenters. The number of nitrogens with one attached hydrogen (secondary N) is 1. The van der Waals surface area contributed by atoms with Crippen LogP contribution in [0.4, 0.5) is 0 Å². The first kappa shape index (κ1) is 19.2. The van der Waals surface area contributed by atoms with Gasteiger partial charge in [0.15, 0.2) is 5.96 Å². The van der Waals surface area contributed by atoms with Gasteiger partial charge >= 0.3 is 0 Å². The molecule has 2 aliphatic heterocycles. The molecule has 3 rings (SSSR count). The Hall–Kier alpha value is -0.0800. The van der Waals surface area contributed by atoms with Gasteiger partial charge in [0.25, 0.3) is 0 Å². The lowest BCUT2D eigenvalue weighted by atomic mass is 9.68. The van der Waals surface area contributed by atoms with Crippen LogP contribution in [0.3, 0.4) is 0 Å². The van der Waals surface area contributed by atoms with Crippen LogP contribution >= 0.6 is 24.0 Å². The predicted molar refractivity (Wildman–Crippen MR) is 104 cm³/mol. The second-order valence-corrected chi connectivity index (χ2v) is 7.16. The summed E-state index contributed by atoms with van der Waals surface area (Å²) in [5.74, 6) is 1.69. The van der Waals surface area contributed by atoms with Crippen molar-refractivity contribution in [2.75, 3.05) is 53.1 Å². The number of guanidine groups is 1. The minimum absolute atomic E-state index is 0. The summed E-state index contributed by atoms with van der Waals surface area (Å²) in [4.78, 5) is 6.89. The lowest BCUT2D eigenvalue weighted by Crippen LogP contribution is -2.43. The summed E-state index contributed by atoms with van der Waals surface area (Å²) in [6.07, 6.45) is 7.79. The Morgan fingerprint density at radius 2 is 2.26 bits per heavy atom. The summed E-state index contributed by atoms with van der Waals surface area (Å²) >= 11 is 0. The van der Waals surface area contributed by atoms with Crippen LogP contribution in [0.2, 0.25) is 0 Å². The molecule has 0 radical (unpaired) electrons. The van der Waals surface area contributed by atoms with E-state index in [-0.39, 0.29) is 24.0 Å². The zero-order valence-electron chi connectivity index (χ0n) is 14.4. The van der Waals surface area contributed by atoms with E-state index in [4.69, 9.17) is 9.47 Å². The molecule has 1 N–H and O–H groups in total. The molecule has 2 saturated heterocycles. The van der Waals surface area contributed by atoms with Crippen LogP contribution in [0, 0.1) is 11.3 Å². The maximum atomic E-state index is 5.74. The smallest absolute Gasteiger partial charge is 0.193 e. The van der Waals surface area contributed by atoms with Crippen molar-refractivity contribution in [3.63, 3.8) is 0 Å². The highest BCUT2D eigenvalue weighted by Gasteiger charge is 2.43. The van der Waals surface area contributed by atoms with Crippen LogP contribution in [0.25, 0.3) is 0 Å². The Labute approximate surface area is 157 Å². The summed E-state index contributed by atoms with van der Waals surface area (Å²) in [6.45, 7) is 6.76. The van der Waals surface area contributed by atoms with Crippen LogP contribution in [-0.4, -0.2) is 64.0 Å². The van der Waals surface area contributed by atoms with Crippen molar-refractivity contribution in [3.8, 4) is 0 Å². The Morgan fingerprint density at radius 3 is 2.87 bits per heavy atom. The van der Waals surface area contributed by atoms with Gasteiger partial charge in [-0.3, -0.25) is 4.99 Å². The van der Waals surface area contributed by atoms with Gasteiger partial charge in [0, 0.05) is 45.8 Å². The van der Waals surface area contributed by atoms with Crippen LogP contribution in [0.5, 0.6) is 0 Å². The minimum Gasteiger partial charge on any atom is -0.381 e. The lowest BCUT2D eigenvalue weighted by Gasteiger charge is -2.38. The van der Waals surface area contributed by atoms with E-state index in [1.54, 1.807) is 0 Å². The molecule has 23 heavy (non-hydrogen) atoms. The van der Waals surface area contributed by atoms with E-state index in [0.717, 1.165) is 58.3 Å². The van der Waals surface area contributed by atoms with E-state index in [2.05, 4.69) is 15.2 Å². The maximum Gasteiger partial charge on any atom is 0.193 e. The molecule has 0 amide bonds. The van der Waals surface area contributed by atoms with Gasteiger partial charge in [0.05, 0.1) is 13.2 Å². The number of aliphatic imine (C=N–C) groups is 1. The van der Waals surface area contributed by atoms with Crippen molar-refractivity contribution in [2.24, 2.45) is 16.3 Å². The summed E-state index contributed by atoms with van der Waals surface area (Å²) in [5.41, 5.74) is 0.629. The minimum atomic E-state index is 0. The largest absolute Gasteiger partial charge is 0.381 e. The fourth-order valence-corrected chi connectivity index (χ4v) is 3.87. The summed E-state index contributed by atoms with van der Waals surface area (Å²) in [6, 6.07) is 0. The van der Waals surface area contributed by atoms with Crippen molar-refractivity contribution in [1.82, 2.24) is 10.2 Å². The quantitative estimate of drug-likeness (QED) is 0.300. The van der Waals surface area contributed by atoms with Gasteiger partial charge in [0.1, 0.15) is 0 Å².